The Kier molecular flexibility index (Phi) is 4.55. The minimum absolute atomic E-state index is 0.221. The summed E-state index contributed by atoms with van der Waals surface area (Å²) >= 11 is 0. The number of nitrogens with zero attached hydrogens (tertiary/aromatic N) is 2. The quantitative estimate of drug-likeness (QED) is 0.727. The normalized spacial score (nSPS) is 16.7. The summed E-state index contributed by atoms with van der Waals surface area (Å²) in [5, 5.41) is 7.87. The van der Waals surface area contributed by atoms with Gasteiger partial charge in [-0.25, -0.2) is 4.98 Å². The van der Waals surface area contributed by atoms with E-state index in [4.69, 9.17) is 21.6 Å². The van der Waals surface area contributed by atoms with Crippen molar-refractivity contribution in [2.24, 2.45) is 5.73 Å². The molecule has 0 atom stereocenters. The number of nitrogens with one attached hydrogen (secondary N) is 1. The van der Waals surface area contributed by atoms with E-state index in [1.54, 1.807) is 4.90 Å². The molecule has 0 amide bonds. The van der Waals surface area contributed by atoms with Crippen LogP contribution in [0.2, 0.25) is 0 Å². The number of alkyl halides is 3. The van der Waals surface area contributed by atoms with Crippen molar-refractivity contribution in [2.45, 2.75) is 6.18 Å². The van der Waals surface area contributed by atoms with Gasteiger partial charge in [0.15, 0.2) is 0 Å². The van der Waals surface area contributed by atoms with Gasteiger partial charge in [-0.15, -0.1) is 0 Å². The minimum Gasteiger partial charge on any atom is -0.385 e. The number of ether oxygens (including phenoxy) is 1. The third kappa shape index (κ3) is 3.67. The van der Waals surface area contributed by atoms with Gasteiger partial charge in [0.1, 0.15) is 11.6 Å². The number of anilines is 1. The highest BCUT2D eigenvalue weighted by molar-refractivity contribution is 6.07. The molecule has 1 aliphatic heterocycles. The minimum atomic E-state index is -4.62. The number of allylic oxidation sites excluding steroid dienone is 1. The lowest BCUT2D eigenvalue weighted by molar-refractivity contribution is -0.137. The fourth-order valence-electron chi connectivity index (χ4n) is 2.06. The molecule has 0 aliphatic carbocycles. The number of halogens is 3. The van der Waals surface area contributed by atoms with Gasteiger partial charge in [0, 0.05) is 30.9 Å². The summed E-state index contributed by atoms with van der Waals surface area (Å²) in [6, 6.07) is 0.711. The SMILES string of the molecule is N=C(/C=C(\N)N1CCOCC1)c1cnc(N)cc1C(F)(F)F. The predicted octanol–water partition coefficient (Wildman–Crippen LogP) is 1.18. The van der Waals surface area contributed by atoms with Gasteiger partial charge in [0.05, 0.1) is 24.5 Å². The van der Waals surface area contributed by atoms with Crippen LogP contribution in [-0.2, 0) is 10.9 Å². The lowest BCUT2D eigenvalue weighted by Crippen LogP contribution is -2.38. The molecule has 1 aliphatic rings. The van der Waals surface area contributed by atoms with Gasteiger partial charge in [0.25, 0.3) is 0 Å². The van der Waals surface area contributed by atoms with Crippen LogP contribution in [-0.4, -0.2) is 41.9 Å². The van der Waals surface area contributed by atoms with E-state index in [1.807, 2.05) is 0 Å². The van der Waals surface area contributed by atoms with Crippen LogP contribution in [0.5, 0.6) is 0 Å². The summed E-state index contributed by atoms with van der Waals surface area (Å²) in [4.78, 5) is 5.37. The molecule has 1 aromatic heterocycles. The highest BCUT2D eigenvalue weighted by atomic mass is 19.4. The Morgan fingerprint density at radius 1 is 1.36 bits per heavy atom. The van der Waals surface area contributed by atoms with E-state index < -0.39 is 11.7 Å². The summed E-state index contributed by atoms with van der Waals surface area (Å²) in [5.74, 6) is -0.0349. The van der Waals surface area contributed by atoms with Crippen LogP contribution in [0.25, 0.3) is 0 Å². The molecule has 6 nitrogen and oxygen atoms in total. The number of hydrogen-bond donors (Lipinski definition) is 3. The van der Waals surface area contributed by atoms with Crippen molar-refractivity contribution in [1.29, 1.82) is 5.41 Å². The standard InChI is InChI=1S/C13H16F3N5O/c14-13(15,16)9-5-11(18)20-7-8(9)10(17)6-12(19)21-1-3-22-4-2-21/h5-7,17H,1-4,19H2,(H2,18,20)/b12-6+,17-10?. The molecule has 1 saturated heterocycles. The molecular formula is C13H16F3N5O. The van der Waals surface area contributed by atoms with Crippen molar-refractivity contribution in [3.8, 4) is 0 Å². The monoisotopic (exact) mass is 315 g/mol. The Bertz CT molecular complexity index is 594. The van der Waals surface area contributed by atoms with E-state index in [0.29, 0.717) is 32.4 Å². The first-order valence-electron chi connectivity index (χ1n) is 6.50. The first-order chi connectivity index (χ1) is 10.3. The Balaban J connectivity index is 2.29. The molecule has 120 valence electrons. The average Bonchev–Trinajstić information content (AvgIpc) is 2.47. The Hall–Kier alpha value is -2.29. The van der Waals surface area contributed by atoms with Gasteiger partial charge in [0.2, 0.25) is 0 Å². The molecule has 0 spiro atoms. The summed E-state index contributed by atoms with van der Waals surface area (Å²) in [6.07, 6.45) is -2.50. The number of pyridine rings is 1. The molecule has 5 N–H and O–H groups in total. The van der Waals surface area contributed by atoms with Gasteiger partial charge >= 0.3 is 6.18 Å². The molecule has 2 rings (SSSR count). The summed E-state index contributed by atoms with van der Waals surface area (Å²) in [5.41, 5.74) is 9.40. The summed E-state index contributed by atoms with van der Waals surface area (Å²) in [6.45, 7) is 2.03. The number of nitrogen functional groups attached to an aromatic ring is 1. The molecule has 1 aromatic rings. The molecule has 0 aromatic carbocycles. The van der Waals surface area contributed by atoms with Gasteiger partial charge in [-0.05, 0) is 6.07 Å². The van der Waals surface area contributed by atoms with Crippen molar-refractivity contribution in [3.05, 3.63) is 35.3 Å². The second-order valence-electron chi connectivity index (χ2n) is 4.73. The molecule has 22 heavy (non-hydrogen) atoms. The lowest BCUT2D eigenvalue weighted by Gasteiger charge is -2.28. The average molecular weight is 315 g/mol. The topological polar surface area (TPSA) is 101 Å². The molecule has 0 radical (unpaired) electrons. The maximum atomic E-state index is 13.0. The van der Waals surface area contributed by atoms with Gasteiger partial charge in [-0.1, -0.05) is 0 Å². The Labute approximate surface area is 125 Å². The fourth-order valence-corrected chi connectivity index (χ4v) is 2.06. The van der Waals surface area contributed by atoms with E-state index in [-0.39, 0.29) is 22.9 Å². The van der Waals surface area contributed by atoms with Crippen molar-refractivity contribution in [2.75, 3.05) is 32.0 Å². The fraction of sp³-hybridized carbons (Fsp3) is 0.385. The van der Waals surface area contributed by atoms with Crippen LogP contribution in [0.1, 0.15) is 11.1 Å². The number of hydrogen-bond acceptors (Lipinski definition) is 6. The summed E-state index contributed by atoms with van der Waals surface area (Å²) in [7, 11) is 0. The summed E-state index contributed by atoms with van der Waals surface area (Å²) < 4.78 is 44.2. The second kappa shape index (κ2) is 6.22. The molecule has 9 heteroatoms. The van der Waals surface area contributed by atoms with E-state index in [0.717, 1.165) is 6.20 Å². The first-order valence-corrected chi connectivity index (χ1v) is 6.50. The van der Waals surface area contributed by atoms with Crippen LogP contribution in [0.15, 0.2) is 24.2 Å². The number of morpholine rings is 1. The molecule has 0 unspecified atom stereocenters. The second-order valence-corrected chi connectivity index (χ2v) is 4.73. The highest BCUT2D eigenvalue weighted by Crippen LogP contribution is 2.33. The number of rotatable bonds is 3. The predicted molar refractivity (Wildman–Crippen MR) is 75.1 cm³/mol. The number of aromatic nitrogens is 1. The first kappa shape index (κ1) is 16.1. The molecule has 2 heterocycles. The maximum absolute atomic E-state index is 13.0. The zero-order valence-corrected chi connectivity index (χ0v) is 11.7. The van der Waals surface area contributed by atoms with Crippen molar-refractivity contribution in [3.63, 3.8) is 0 Å². The maximum Gasteiger partial charge on any atom is 0.417 e. The zero-order chi connectivity index (χ0) is 16.3. The Morgan fingerprint density at radius 3 is 2.59 bits per heavy atom. The Morgan fingerprint density at radius 2 is 2.00 bits per heavy atom. The zero-order valence-electron chi connectivity index (χ0n) is 11.7. The highest BCUT2D eigenvalue weighted by Gasteiger charge is 2.34. The van der Waals surface area contributed by atoms with Crippen molar-refractivity contribution in [1.82, 2.24) is 9.88 Å². The van der Waals surface area contributed by atoms with Crippen LogP contribution in [0.4, 0.5) is 19.0 Å². The smallest absolute Gasteiger partial charge is 0.385 e. The van der Waals surface area contributed by atoms with Crippen molar-refractivity contribution < 1.29 is 17.9 Å². The van der Waals surface area contributed by atoms with Crippen LogP contribution in [0, 0.1) is 5.41 Å². The van der Waals surface area contributed by atoms with Crippen LogP contribution in [0.3, 0.4) is 0 Å². The molecule has 0 bridgehead atoms. The van der Waals surface area contributed by atoms with E-state index in [9.17, 15) is 13.2 Å². The molecule has 0 saturated carbocycles. The van der Waals surface area contributed by atoms with E-state index >= 15 is 0 Å². The van der Waals surface area contributed by atoms with Crippen LogP contribution >= 0.6 is 0 Å². The van der Waals surface area contributed by atoms with Crippen LogP contribution < -0.4 is 11.5 Å². The molecular weight excluding hydrogens is 299 g/mol. The lowest BCUT2D eigenvalue weighted by atomic mass is 10.0. The number of nitrogens with two attached hydrogens (primary N) is 2. The van der Waals surface area contributed by atoms with Gasteiger partial charge in [-0.2, -0.15) is 13.2 Å². The van der Waals surface area contributed by atoms with Gasteiger partial charge < -0.3 is 26.5 Å². The van der Waals surface area contributed by atoms with E-state index in [1.165, 1.54) is 6.08 Å². The van der Waals surface area contributed by atoms with E-state index in [2.05, 4.69) is 4.98 Å². The third-order valence-corrected chi connectivity index (χ3v) is 3.19. The van der Waals surface area contributed by atoms with Crippen molar-refractivity contribution >= 4 is 11.5 Å². The largest absolute Gasteiger partial charge is 0.417 e. The molecule has 1 fully saturated rings. The van der Waals surface area contributed by atoms with Gasteiger partial charge in [-0.3, -0.25) is 0 Å². The third-order valence-electron chi connectivity index (χ3n) is 3.19.